The number of carboxylic acid groups (broad SMARTS) is 1. The van der Waals surface area contributed by atoms with Crippen LogP contribution in [0.25, 0.3) is 0 Å². The maximum atomic E-state index is 12.0. The maximum absolute atomic E-state index is 12.0. The fourth-order valence-electron chi connectivity index (χ4n) is 2.18. The predicted octanol–water partition coefficient (Wildman–Crippen LogP) is 0.340. The molecule has 0 spiro atoms. The zero-order chi connectivity index (χ0) is 14.5. The molecule has 1 aromatic rings. The first-order chi connectivity index (χ1) is 9.58. The fourth-order valence-corrected chi connectivity index (χ4v) is 2.18. The molecule has 0 aromatic carbocycles. The van der Waals surface area contributed by atoms with Gasteiger partial charge >= 0.3 is 12.0 Å². The Kier molecular flexibility index (Phi) is 4.39. The van der Waals surface area contributed by atoms with E-state index in [1.54, 1.807) is 11.1 Å². The molecule has 1 aliphatic rings. The predicted molar refractivity (Wildman–Crippen MR) is 73.7 cm³/mol. The Morgan fingerprint density at radius 3 is 2.55 bits per heavy atom. The van der Waals surface area contributed by atoms with E-state index < -0.39 is 5.97 Å². The van der Waals surface area contributed by atoms with Gasteiger partial charge in [0.15, 0.2) is 0 Å². The summed E-state index contributed by atoms with van der Waals surface area (Å²) in [5.41, 5.74) is 0. The van der Waals surface area contributed by atoms with Crippen molar-refractivity contribution in [3.05, 3.63) is 24.4 Å². The molecule has 1 fully saturated rings. The number of piperazine rings is 1. The average Bonchev–Trinajstić information content (AvgIpc) is 2.47. The second-order valence-corrected chi connectivity index (χ2v) is 4.69. The van der Waals surface area contributed by atoms with E-state index in [0.717, 1.165) is 5.82 Å². The summed E-state index contributed by atoms with van der Waals surface area (Å²) in [5.74, 6) is -0.105. The molecule has 20 heavy (non-hydrogen) atoms. The molecule has 7 nitrogen and oxygen atoms in total. The van der Waals surface area contributed by atoms with Crippen LogP contribution in [0.1, 0.15) is 0 Å². The molecule has 0 radical (unpaired) electrons. The number of carboxylic acids is 1. The third-order valence-corrected chi connectivity index (χ3v) is 3.22. The smallest absolute Gasteiger partial charge is 0.323 e. The molecule has 7 heteroatoms. The zero-order valence-electron chi connectivity index (χ0n) is 11.4. The Hall–Kier alpha value is -2.31. The Balaban J connectivity index is 1.88. The number of likely N-dealkylation sites (N-methyl/N-ethyl adjacent to an activating group) is 1. The van der Waals surface area contributed by atoms with Gasteiger partial charge in [-0.05, 0) is 12.1 Å². The van der Waals surface area contributed by atoms with E-state index in [9.17, 15) is 9.59 Å². The van der Waals surface area contributed by atoms with Gasteiger partial charge in [-0.25, -0.2) is 9.78 Å². The van der Waals surface area contributed by atoms with Gasteiger partial charge in [0, 0.05) is 39.4 Å². The van der Waals surface area contributed by atoms with Gasteiger partial charge in [-0.2, -0.15) is 0 Å². The molecule has 0 atom stereocenters. The normalized spacial score (nSPS) is 15.1. The maximum Gasteiger partial charge on any atom is 0.323 e. The zero-order valence-corrected chi connectivity index (χ0v) is 11.4. The third-order valence-electron chi connectivity index (χ3n) is 3.22. The van der Waals surface area contributed by atoms with Gasteiger partial charge in [0.05, 0.1) is 0 Å². The van der Waals surface area contributed by atoms with Gasteiger partial charge in [-0.3, -0.25) is 4.79 Å². The first-order valence-corrected chi connectivity index (χ1v) is 6.46. The highest BCUT2D eigenvalue weighted by Crippen LogP contribution is 2.13. The van der Waals surface area contributed by atoms with E-state index in [1.165, 1.54) is 11.9 Å². The summed E-state index contributed by atoms with van der Waals surface area (Å²) in [5, 5.41) is 8.69. The minimum absolute atomic E-state index is 0.243. The number of amides is 2. The van der Waals surface area contributed by atoms with Crippen LogP contribution < -0.4 is 4.90 Å². The van der Waals surface area contributed by atoms with Crippen LogP contribution in [0, 0.1) is 0 Å². The van der Waals surface area contributed by atoms with Gasteiger partial charge in [-0.1, -0.05) is 6.07 Å². The molecule has 1 saturated heterocycles. The molecular formula is C13H18N4O3. The van der Waals surface area contributed by atoms with E-state index in [-0.39, 0.29) is 12.6 Å². The largest absolute Gasteiger partial charge is 0.480 e. The van der Waals surface area contributed by atoms with Crippen LogP contribution >= 0.6 is 0 Å². The van der Waals surface area contributed by atoms with Crippen molar-refractivity contribution in [2.75, 3.05) is 44.7 Å². The number of urea groups is 1. The van der Waals surface area contributed by atoms with E-state index >= 15 is 0 Å². The summed E-state index contributed by atoms with van der Waals surface area (Å²) >= 11 is 0. The number of rotatable bonds is 3. The summed E-state index contributed by atoms with van der Waals surface area (Å²) in [6.45, 7) is 2.26. The molecule has 0 unspecified atom stereocenters. The Morgan fingerprint density at radius 1 is 1.30 bits per heavy atom. The lowest BCUT2D eigenvalue weighted by molar-refractivity contribution is -0.137. The Bertz CT molecular complexity index is 472. The molecule has 2 heterocycles. The van der Waals surface area contributed by atoms with E-state index in [2.05, 4.69) is 9.88 Å². The highest BCUT2D eigenvalue weighted by atomic mass is 16.4. The number of hydrogen-bond acceptors (Lipinski definition) is 4. The van der Waals surface area contributed by atoms with Crippen molar-refractivity contribution in [3.8, 4) is 0 Å². The second kappa shape index (κ2) is 6.23. The van der Waals surface area contributed by atoms with Gasteiger partial charge in [-0.15, -0.1) is 0 Å². The molecule has 2 rings (SSSR count). The van der Waals surface area contributed by atoms with Crippen molar-refractivity contribution >= 4 is 17.8 Å². The minimum Gasteiger partial charge on any atom is -0.480 e. The lowest BCUT2D eigenvalue weighted by atomic mass is 10.3. The molecule has 1 aliphatic heterocycles. The van der Waals surface area contributed by atoms with Gasteiger partial charge in [0.25, 0.3) is 0 Å². The Labute approximate surface area is 117 Å². The molecule has 108 valence electrons. The van der Waals surface area contributed by atoms with Crippen LogP contribution in [0.15, 0.2) is 24.4 Å². The van der Waals surface area contributed by atoms with Crippen LogP contribution in [0.2, 0.25) is 0 Å². The van der Waals surface area contributed by atoms with Crippen LogP contribution in [0.4, 0.5) is 10.6 Å². The monoisotopic (exact) mass is 278 g/mol. The van der Waals surface area contributed by atoms with Gasteiger partial charge < -0.3 is 19.8 Å². The fraction of sp³-hybridized carbons (Fsp3) is 0.462. The molecule has 0 aliphatic carbocycles. The van der Waals surface area contributed by atoms with Gasteiger partial charge in [0.1, 0.15) is 12.4 Å². The molecule has 2 amide bonds. The van der Waals surface area contributed by atoms with Crippen LogP contribution in [-0.2, 0) is 4.79 Å². The van der Waals surface area contributed by atoms with E-state index in [1.807, 2.05) is 18.2 Å². The highest BCUT2D eigenvalue weighted by molar-refractivity contribution is 5.80. The number of aliphatic carboxylic acids is 1. The molecule has 1 aromatic heterocycles. The van der Waals surface area contributed by atoms with Crippen LogP contribution in [-0.4, -0.2) is 71.7 Å². The number of hydrogen-bond donors (Lipinski definition) is 1. The number of carbonyl (C=O) groups is 2. The topological polar surface area (TPSA) is 77.0 Å². The number of anilines is 1. The van der Waals surface area contributed by atoms with Crippen molar-refractivity contribution in [1.82, 2.24) is 14.8 Å². The van der Waals surface area contributed by atoms with Crippen molar-refractivity contribution in [2.24, 2.45) is 0 Å². The molecule has 0 bridgehead atoms. The average molecular weight is 278 g/mol. The summed E-state index contributed by atoms with van der Waals surface area (Å²) in [7, 11) is 1.50. The molecular weight excluding hydrogens is 260 g/mol. The summed E-state index contributed by atoms with van der Waals surface area (Å²) in [6, 6.07) is 5.49. The summed E-state index contributed by atoms with van der Waals surface area (Å²) in [6.07, 6.45) is 1.74. The standard InChI is InChI=1S/C13H18N4O3/c1-15(10-12(18)19)13(20)17-8-6-16(7-9-17)11-4-2-3-5-14-11/h2-5H,6-10H2,1H3,(H,18,19). The third kappa shape index (κ3) is 3.37. The van der Waals surface area contributed by atoms with E-state index in [0.29, 0.717) is 26.2 Å². The van der Waals surface area contributed by atoms with Crippen molar-refractivity contribution < 1.29 is 14.7 Å². The number of carbonyl (C=O) groups excluding carboxylic acids is 1. The minimum atomic E-state index is -1.01. The quantitative estimate of drug-likeness (QED) is 0.862. The Morgan fingerprint density at radius 2 is 2.00 bits per heavy atom. The van der Waals surface area contributed by atoms with Crippen LogP contribution in [0.3, 0.4) is 0 Å². The SMILES string of the molecule is CN(CC(=O)O)C(=O)N1CCN(c2ccccn2)CC1. The van der Waals surface area contributed by atoms with E-state index in [4.69, 9.17) is 5.11 Å². The van der Waals surface area contributed by atoms with Gasteiger partial charge in [0.2, 0.25) is 0 Å². The lowest BCUT2D eigenvalue weighted by Gasteiger charge is -2.36. The molecule has 0 saturated carbocycles. The number of pyridine rings is 1. The van der Waals surface area contributed by atoms with Crippen molar-refractivity contribution in [2.45, 2.75) is 0 Å². The molecule has 1 N–H and O–H groups in total. The highest BCUT2D eigenvalue weighted by Gasteiger charge is 2.24. The number of aromatic nitrogens is 1. The van der Waals surface area contributed by atoms with Crippen molar-refractivity contribution in [1.29, 1.82) is 0 Å². The summed E-state index contributed by atoms with van der Waals surface area (Å²) in [4.78, 5) is 31.9. The second-order valence-electron chi connectivity index (χ2n) is 4.69. The van der Waals surface area contributed by atoms with Crippen molar-refractivity contribution in [3.63, 3.8) is 0 Å². The summed E-state index contributed by atoms with van der Waals surface area (Å²) < 4.78 is 0. The lowest BCUT2D eigenvalue weighted by Crippen LogP contribution is -2.53. The van der Waals surface area contributed by atoms with Crippen LogP contribution in [0.5, 0.6) is 0 Å². The number of nitrogens with zero attached hydrogens (tertiary/aromatic N) is 4. The first-order valence-electron chi connectivity index (χ1n) is 6.46. The first kappa shape index (κ1) is 14.1.